The van der Waals surface area contributed by atoms with Crippen molar-refractivity contribution in [1.29, 1.82) is 0 Å². The highest BCUT2D eigenvalue weighted by molar-refractivity contribution is 7.20. The molecule has 0 fully saturated rings. The number of fused-ring (bicyclic) bond motifs is 1. The minimum absolute atomic E-state index is 0.186. The van der Waals surface area contributed by atoms with E-state index in [2.05, 4.69) is 48.1 Å². The van der Waals surface area contributed by atoms with E-state index in [0.29, 0.717) is 33.7 Å². The zero-order valence-corrected chi connectivity index (χ0v) is 17.1. The molecule has 0 bridgehead atoms. The summed E-state index contributed by atoms with van der Waals surface area (Å²) in [7, 11) is 0. The fraction of sp³-hybridized carbons (Fsp3) is 0.350. The maximum absolute atomic E-state index is 12.6. The van der Waals surface area contributed by atoms with Gasteiger partial charge < -0.3 is 10.4 Å². The number of H-pyrrole nitrogens is 1. The molecule has 0 atom stereocenters. The number of amides is 1. The molecule has 1 amide bonds. The van der Waals surface area contributed by atoms with Crippen LogP contribution in [-0.2, 0) is 6.54 Å². The minimum atomic E-state index is -1.01. The van der Waals surface area contributed by atoms with Gasteiger partial charge in [-0.05, 0) is 51.5 Å². The lowest BCUT2D eigenvalue weighted by atomic mass is 10.1. The third-order valence-corrected chi connectivity index (χ3v) is 5.63. The highest BCUT2D eigenvalue weighted by Crippen LogP contribution is 2.29. The third-order valence-electron chi connectivity index (χ3n) is 4.61. The Morgan fingerprint density at radius 2 is 1.82 bits per heavy atom. The van der Waals surface area contributed by atoms with Crippen LogP contribution in [0.5, 0.6) is 0 Å². The van der Waals surface area contributed by atoms with Crippen LogP contribution in [0.4, 0.5) is 5.82 Å². The molecule has 2 heterocycles. The molecule has 3 rings (SSSR count). The summed E-state index contributed by atoms with van der Waals surface area (Å²) >= 11 is 1.06. The Bertz CT molecular complexity index is 981. The first-order chi connectivity index (χ1) is 13.3. The second-order valence-electron chi connectivity index (χ2n) is 7.24. The van der Waals surface area contributed by atoms with Crippen LogP contribution in [0.15, 0.2) is 30.3 Å². The smallest absolute Gasteiger partial charge is 0.345 e. The predicted octanol–water partition coefficient (Wildman–Crippen LogP) is 4.19. The number of hydrogen-bond acceptors (Lipinski definition) is 5. The van der Waals surface area contributed by atoms with E-state index < -0.39 is 5.97 Å². The quantitative estimate of drug-likeness (QED) is 0.552. The number of carboxylic acids is 1. The number of anilines is 1. The number of carbonyl (C=O) groups is 2. The molecule has 0 saturated carbocycles. The van der Waals surface area contributed by atoms with Crippen molar-refractivity contribution in [2.45, 2.75) is 46.3 Å². The normalized spacial score (nSPS) is 11.7. The van der Waals surface area contributed by atoms with Crippen molar-refractivity contribution < 1.29 is 14.7 Å². The first-order valence-electron chi connectivity index (χ1n) is 9.13. The molecule has 3 aromatic rings. The first-order valence-corrected chi connectivity index (χ1v) is 9.95. The van der Waals surface area contributed by atoms with Crippen molar-refractivity contribution >= 4 is 39.2 Å². The number of aromatic nitrogens is 2. The molecule has 0 saturated heterocycles. The van der Waals surface area contributed by atoms with Crippen molar-refractivity contribution in [3.63, 3.8) is 0 Å². The van der Waals surface area contributed by atoms with Crippen molar-refractivity contribution in [2.24, 2.45) is 0 Å². The molecule has 0 spiro atoms. The van der Waals surface area contributed by atoms with E-state index in [1.165, 1.54) is 6.07 Å². The Hall–Kier alpha value is -2.71. The first kappa shape index (κ1) is 20.0. The summed E-state index contributed by atoms with van der Waals surface area (Å²) in [6.07, 6.45) is 0. The number of aromatic carboxylic acids is 1. The van der Waals surface area contributed by atoms with Gasteiger partial charge in [0.2, 0.25) is 0 Å². The zero-order chi connectivity index (χ0) is 20.4. The molecule has 28 heavy (non-hydrogen) atoms. The van der Waals surface area contributed by atoms with Gasteiger partial charge in [0.05, 0.1) is 5.39 Å². The van der Waals surface area contributed by atoms with Crippen molar-refractivity contribution in [1.82, 2.24) is 15.1 Å². The van der Waals surface area contributed by atoms with Crippen LogP contribution >= 0.6 is 11.3 Å². The summed E-state index contributed by atoms with van der Waals surface area (Å²) in [5.41, 5.74) is 1.67. The van der Waals surface area contributed by atoms with Gasteiger partial charge in [-0.3, -0.25) is 14.8 Å². The van der Waals surface area contributed by atoms with E-state index in [4.69, 9.17) is 5.11 Å². The fourth-order valence-electron chi connectivity index (χ4n) is 3.13. The predicted molar refractivity (Wildman–Crippen MR) is 111 cm³/mol. The molecular weight excluding hydrogens is 376 g/mol. The lowest BCUT2D eigenvalue weighted by Gasteiger charge is -2.30. The standard InChI is InChI=1S/C20H24N4O3S/c1-11(2)24(12(3)4)10-13-5-7-14(8-6-13)18(25)21-17-15-9-16(20(26)27)28-19(15)23-22-17/h5-9,11-12H,10H2,1-4H3,(H,26,27)(H2,21,22,23,25). The van der Waals surface area contributed by atoms with Gasteiger partial charge in [-0.2, -0.15) is 5.10 Å². The Labute approximate surface area is 167 Å². The zero-order valence-electron chi connectivity index (χ0n) is 16.3. The van der Waals surface area contributed by atoms with Crippen LogP contribution in [0.2, 0.25) is 0 Å². The molecule has 3 N–H and O–H groups in total. The lowest BCUT2D eigenvalue weighted by molar-refractivity contribution is 0.0702. The summed E-state index contributed by atoms with van der Waals surface area (Å²) in [6, 6.07) is 9.90. The summed E-state index contributed by atoms with van der Waals surface area (Å²) in [6.45, 7) is 9.52. The van der Waals surface area contributed by atoms with Crippen molar-refractivity contribution in [3.05, 3.63) is 46.3 Å². The number of rotatable bonds is 7. The van der Waals surface area contributed by atoms with Crippen molar-refractivity contribution in [2.75, 3.05) is 5.32 Å². The van der Waals surface area contributed by atoms with E-state index >= 15 is 0 Å². The number of carbonyl (C=O) groups excluding carboxylic acids is 1. The van der Waals surface area contributed by atoms with Crippen LogP contribution in [-0.4, -0.2) is 44.2 Å². The Morgan fingerprint density at radius 3 is 2.39 bits per heavy atom. The molecule has 2 aromatic heterocycles. The molecular formula is C20H24N4O3S. The molecule has 7 nitrogen and oxygen atoms in total. The fourth-order valence-corrected chi connectivity index (χ4v) is 3.97. The topological polar surface area (TPSA) is 98.3 Å². The number of benzene rings is 1. The number of hydrogen-bond donors (Lipinski definition) is 3. The maximum Gasteiger partial charge on any atom is 0.345 e. The van der Waals surface area contributed by atoms with Gasteiger partial charge in [0.25, 0.3) is 5.91 Å². The molecule has 148 valence electrons. The molecule has 1 aromatic carbocycles. The number of thiophene rings is 1. The van der Waals surface area contributed by atoms with E-state index in [-0.39, 0.29) is 10.8 Å². The monoisotopic (exact) mass is 400 g/mol. The summed E-state index contributed by atoms with van der Waals surface area (Å²) in [5.74, 6) is -0.879. The second-order valence-corrected chi connectivity index (χ2v) is 8.27. The highest BCUT2D eigenvalue weighted by Gasteiger charge is 2.17. The van der Waals surface area contributed by atoms with Crippen LogP contribution < -0.4 is 5.32 Å². The molecule has 0 aliphatic carbocycles. The Kier molecular flexibility index (Phi) is 5.81. The molecule has 0 unspecified atom stereocenters. The van der Waals surface area contributed by atoms with Crippen LogP contribution in [0.3, 0.4) is 0 Å². The van der Waals surface area contributed by atoms with Crippen LogP contribution in [0.25, 0.3) is 10.2 Å². The molecule has 8 heteroatoms. The largest absolute Gasteiger partial charge is 0.477 e. The maximum atomic E-state index is 12.6. The molecule has 0 radical (unpaired) electrons. The summed E-state index contributed by atoms with van der Waals surface area (Å²) in [5, 5.41) is 19.3. The van der Waals surface area contributed by atoms with Crippen LogP contribution in [0.1, 0.15) is 53.3 Å². The SMILES string of the molecule is CC(C)N(Cc1ccc(C(=O)Nc2[nH]nc3sc(C(=O)O)cc23)cc1)C(C)C. The van der Waals surface area contributed by atoms with E-state index in [1.807, 2.05) is 12.1 Å². The highest BCUT2D eigenvalue weighted by atomic mass is 32.1. The van der Waals surface area contributed by atoms with Gasteiger partial charge in [0, 0.05) is 24.2 Å². The summed E-state index contributed by atoms with van der Waals surface area (Å²) in [4.78, 5) is 26.8. The lowest BCUT2D eigenvalue weighted by Crippen LogP contribution is -2.36. The van der Waals surface area contributed by atoms with Gasteiger partial charge in [-0.25, -0.2) is 4.79 Å². The second kappa shape index (κ2) is 8.12. The molecule has 0 aliphatic heterocycles. The summed E-state index contributed by atoms with van der Waals surface area (Å²) < 4.78 is 0. The third kappa shape index (κ3) is 4.23. The molecule has 0 aliphatic rings. The number of carboxylic acid groups (broad SMARTS) is 1. The minimum Gasteiger partial charge on any atom is -0.477 e. The number of aromatic amines is 1. The van der Waals surface area contributed by atoms with Crippen molar-refractivity contribution in [3.8, 4) is 0 Å². The van der Waals surface area contributed by atoms with Gasteiger partial charge in [0.1, 0.15) is 15.5 Å². The average Bonchev–Trinajstić information content (AvgIpc) is 3.21. The van der Waals surface area contributed by atoms with E-state index in [9.17, 15) is 9.59 Å². The van der Waals surface area contributed by atoms with Crippen LogP contribution in [0, 0.1) is 0 Å². The van der Waals surface area contributed by atoms with E-state index in [1.54, 1.807) is 12.1 Å². The van der Waals surface area contributed by atoms with Gasteiger partial charge in [-0.1, -0.05) is 12.1 Å². The van der Waals surface area contributed by atoms with Gasteiger partial charge in [0.15, 0.2) is 0 Å². The average molecular weight is 401 g/mol. The van der Waals surface area contributed by atoms with Gasteiger partial charge in [-0.15, -0.1) is 11.3 Å². The van der Waals surface area contributed by atoms with E-state index in [0.717, 1.165) is 23.4 Å². The number of nitrogens with zero attached hydrogens (tertiary/aromatic N) is 2. The van der Waals surface area contributed by atoms with Gasteiger partial charge >= 0.3 is 5.97 Å². The Morgan fingerprint density at radius 1 is 1.18 bits per heavy atom. The Balaban J connectivity index is 1.72. The number of nitrogens with one attached hydrogen (secondary N) is 2.